The fraction of sp³-hybridized carbons (Fsp3) is 0.650. The van der Waals surface area contributed by atoms with E-state index in [1.165, 1.54) is 16.9 Å². The molecule has 1 saturated carbocycles. The molecule has 27 heavy (non-hydrogen) atoms. The van der Waals surface area contributed by atoms with Crippen molar-refractivity contribution < 1.29 is 13.2 Å². The Kier molecular flexibility index (Phi) is 6.29. The second-order valence-corrected chi connectivity index (χ2v) is 7.81. The predicted octanol–water partition coefficient (Wildman–Crippen LogP) is 3.16. The van der Waals surface area contributed by atoms with Gasteiger partial charge in [0, 0.05) is 32.1 Å². The Morgan fingerprint density at radius 3 is 2.56 bits per heavy atom. The first-order valence-corrected chi connectivity index (χ1v) is 9.69. The summed E-state index contributed by atoms with van der Waals surface area (Å²) in [6, 6.07) is 10.6. The summed E-state index contributed by atoms with van der Waals surface area (Å²) in [6.45, 7) is 1.65. The number of hydrogen-bond donors (Lipinski definition) is 2. The molecule has 0 amide bonds. The third kappa shape index (κ3) is 5.37. The van der Waals surface area contributed by atoms with Gasteiger partial charge in [0.15, 0.2) is 5.96 Å². The average molecular weight is 382 g/mol. The van der Waals surface area contributed by atoms with Crippen LogP contribution in [0.3, 0.4) is 0 Å². The van der Waals surface area contributed by atoms with Crippen molar-refractivity contribution in [2.45, 2.75) is 37.3 Å². The highest BCUT2D eigenvalue weighted by Gasteiger charge is 2.38. The molecule has 3 rings (SSSR count). The van der Waals surface area contributed by atoms with E-state index in [-0.39, 0.29) is 11.3 Å². The molecule has 2 fully saturated rings. The number of benzene rings is 1. The van der Waals surface area contributed by atoms with Gasteiger partial charge in [-0.05, 0) is 37.3 Å². The molecule has 150 valence electrons. The van der Waals surface area contributed by atoms with Crippen LogP contribution in [0.1, 0.15) is 31.2 Å². The Labute approximate surface area is 159 Å². The number of guanidine groups is 1. The van der Waals surface area contributed by atoms with Crippen molar-refractivity contribution >= 4 is 5.96 Å². The number of rotatable bonds is 6. The molecule has 1 heterocycles. The quantitative estimate of drug-likeness (QED) is 0.587. The maximum Gasteiger partial charge on any atom is 0.401 e. The molecule has 4 nitrogen and oxygen atoms in total. The molecule has 1 atom stereocenters. The molecule has 7 heteroatoms. The van der Waals surface area contributed by atoms with Crippen molar-refractivity contribution in [1.82, 2.24) is 15.5 Å². The zero-order chi connectivity index (χ0) is 19.3. The van der Waals surface area contributed by atoms with Crippen molar-refractivity contribution in [3.05, 3.63) is 35.9 Å². The largest absolute Gasteiger partial charge is 0.401 e. The fourth-order valence-electron chi connectivity index (χ4n) is 4.15. The van der Waals surface area contributed by atoms with Gasteiger partial charge >= 0.3 is 6.18 Å². The first-order valence-electron chi connectivity index (χ1n) is 9.69. The Morgan fingerprint density at radius 1 is 1.22 bits per heavy atom. The third-order valence-corrected chi connectivity index (χ3v) is 5.85. The Hall–Kier alpha value is -1.76. The van der Waals surface area contributed by atoms with Gasteiger partial charge in [-0.1, -0.05) is 36.8 Å². The van der Waals surface area contributed by atoms with E-state index in [2.05, 4.69) is 39.9 Å². The zero-order valence-corrected chi connectivity index (χ0v) is 15.9. The SMILES string of the molecule is CN=C(NCC1CCN(CC(F)(F)F)C1)NCC1(c2ccccc2)CCC1. The molecule has 0 spiro atoms. The predicted molar refractivity (Wildman–Crippen MR) is 102 cm³/mol. The van der Waals surface area contributed by atoms with Crippen LogP contribution >= 0.6 is 0 Å². The van der Waals surface area contributed by atoms with Crippen LogP contribution in [0.2, 0.25) is 0 Å². The lowest BCUT2D eigenvalue weighted by molar-refractivity contribution is -0.143. The second-order valence-electron chi connectivity index (χ2n) is 7.81. The van der Waals surface area contributed by atoms with E-state index in [4.69, 9.17) is 0 Å². The molecular weight excluding hydrogens is 353 g/mol. The summed E-state index contributed by atoms with van der Waals surface area (Å²) in [5, 5.41) is 6.73. The Morgan fingerprint density at radius 2 is 1.96 bits per heavy atom. The van der Waals surface area contributed by atoms with Gasteiger partial charge < -0.3 is 10.6 Å². The van der Waals surface area contributed by atoms with Gasteiger partial charge in [0.05, 0.1) is 6.54 Å². The molecule has 1 saturated heterocycles. The highest BCUT2D eigenvalue weighted by molar-refractivity contribution is 5.79. The maximum atomic E-state index is 12.5. The topological polar surface area (TPSA) is 39.7 Å². The van der Waals surface area contributed by atoms with E-state index in [1.54, 1.807) is 7.05 Å². The van der Waals surface area contributed by atoms with Gasteiger partial charge in [-0.25, -0.2) is 0 Å². The van der Waals surface area contributed by atoms with Crippen molar-refractivity contribution in [1.29, 1.82) is 0 Å². The van der Waals surface area contributed by atoms with Crippen LogP contribution in [0.15, 0.2) is 35.3 Å². The van der Waals surface area contributed by atoms with Crippen LogP contribution in [0.25, 0.3) is 0 Å². The summed E-state index contributed by atoms with van der Waals surface area (Å²) in [4.78, 5) is 5.77. The molecule has 0 radical (unpaired) electrons. The molecular formula is C20H29F3N4. The minimum absolute atomic E-state index is 0.162. The maximum absolute atomic E-state index is 12.5. The van der Waals surface area contributed by atoms with E-state index in [9.17, 15) is 13.2 Å². The highest BCUT2D eigenvalue weighted by atomic mass is 19.4. The van der Waals surface area contributed by atoms with Crippen LogP contribution in [0, 0.1) is 5.92 Å². The standard InChI is InChI=1S/C20H29F3N4/c1-24-18(25-12-16-8-11-27(13-16)15-20(21,22)23)26-14-19(9-5-10-19)17-6-3-2-4-7-17/h2-4,6-7,16H,5,8-15H2,1H3,(H2,24,25,26). The van der Waals surface area contributed by atoms with E-state index in [0.717, 1.165) is 31.8 Å². The average Bonchev–Trinajstić information content (AvgIpc) is 3.03. The first-order chi connectivity index (χ1) is 12.9. The van der Waals surface area contributed by atoms with Gasteiger partial charge in [-0.2, -0.15) is 13.2 Å². The van der Waals surface area contributed by atoms with E-state index in [1.807, 2.05) is 6.07 Å². The normalized spacial score (nSPS) is 23.1. The molecule has 1 unspecified atom stereocenters. The van der Waals surface area contributed by atoms with Crippen molar-refractivity contribution in [3.8, 4) is 0 Å². The molecule has 1 aromatic rings. The summed E-state index contributed by atoms with van der Waals surface area (Å²) >= 11 is 0. The molecule has 1 aliphatic carbocycles. The number of halogens is 3. The van der Waals surface area contributed by atoms with Gasteiger partial charge in [0.1, 0.15) is 0 Å². The number of likely N-dealkylation sites (tertiary alicyclic amines) is 1. The summed E-state index contributed by atoms with van der Waals surface area (Å²) in [5.41, 5.74) is 1.52. The lowest BCUT2D eigenvalue weighted by Crippen LogP contribution is -2.49. The second kappa shape index (κ2) is 8.50. The minimum atomic E-state index is -4.12. The van der Waals surface area contributed by atoms with Crippen molar-refractivity contribution in [3.63, 3.8) is 0 Å². The Bertz CT molecular complexity index is 626. The minimum Gasteiger partial charge on any atom is -0.356 e. The number of alkyl halides is 3. The number of nitrogens with one attached hydrogen (secondary N) is 2. The number of nitrogens with zero attached hydrogens (tertiary/aromatic N) is 2. The lowest BCUT2D eigenvalue weighted by Gasteiger charge is -2.43. The monoisotopic (exact) mass is 382 g/mol. The van der Waals surface area contributed by atoms with Gasteiger partial charge in [0.2, 0.25) is 0 Å². The number of hydrogen-bond acceptors (Lipinski definition) is 2. The summed E-state index contributed by atoms with van der Waals surface area (Å²) in [5.74, 6) is 0.948. The third-order valence-electron chi connectivity index (χ3n) is 5.85. The van der Waals surface area contributed by atoms with Gasteiger partial charge in [0.25, 0.3) is 0 Å². The van der Waals surface area contributed by atoms with Gasteiger partial charge in [-0.15, -0.1) is 0 Å². The lowest BCUT2D eigenvalue weighted by atomic mass is 9.64. The molecule has 1 aliphatic heterocycles. The van der Waals surface area contributed by atoms with E-state index >= 15 is 0 Å². The fourth-order valence-corrected chi connectivity index (χ4v) is 4.15. The molecule has 1 aromatic carbocycles. The van der Waals surface area contributed by atoms with Crippen LogP contribution < -0.4 is 10.6 Å². The van der Waals surface area contributed by atoms with Crippen LogP contribution in [0.4, 0.5) is 13.2 Å². The Balaban J connectivity index is 1.45. The van der Waals surface area contributed by atoms with Gasteiger partial charge in [-0.3, -0.25) is 9.89 Å². The molecule has 0 bridgehead atoms. The highest BCUT2D eigenvalue weighted by Crippen LogP contribution is 2.43. The zero-order valence-electron chi connectivity index (χ0n) is 15.9. The van der Waals surface area contributed by atoms with E-state index < -0.39 is 12.7 Å². The number of aliphatic imine (C=N–C) groups is 1. The van der Waals surface area contributed by atoms with E-state index in [0.29, 0.717) is 19.6 Å². The summed E-state index contributed by atoms with van der Waals surface area (Å²) in [6.07, 6.45) is 0.230. The smallest absolute Gasteiger partial charge is 0.356 e. The van der Waals surface area contributed by atoms with Crippen molar-refractivity contribution in [2.24, 2.45) is 10.9 Å². The van der Waals surface area contributed by atoms with Crippen LogP contribution in [-0.2, 0) is 5.41 Å². The summed E-state index contributed by atoms with van der Waals surface area (Å²) in [7, 11) is 1.73. The molecule has 2 N–H and O–H groups in total. The molecule has 0 aromatic heterocycles. The molecule has 2 aliphatic rings. The van der Waals surface area contributed by atoms with Crippen molar-refractivity contribution in [2.75, 3.05) is 39.8 Å². The van der Waals surface area contributed by atoms with Crippen LogP contribution in [-0.4, -0.2) is 56.8 Å². The first kappa shape index (κ1) is 20.0. The van der Waals surface area contributed by atoms with Crippen LogP contribution in [0.5, 0.6) is 0 Å². The summed E-state index contributed by atoms with van der Waals surface area (Å²) < 4.78 is 37.5.